The molecule has 4 heterocycles. The monoisotopic (exact) mass is 309 g/mol. The number of hydrogen-bond donors (Lipinski definition) is 1. The van der Waals surface area contributed by atoms with Gasteiger partial charge in [-0.1, -0.05) is 0 Å². The molecule has 0 bridgehead atoms. The van der Waals surface area contributed by atoms with Crippen molar-refractivity contribution in [1.29, 1.82) is 0 Å². The molecule has 4 rings (SSSR count). The first-order chi connectivity index (χ1) is 11.2. The zero-order valence-corrected chi connectivity index (χ0v) is 13.3. The Labute approximate surface area is 134 Å². The van der Waals surface area contributed by atoms with Crippen molar-refractivity contribution in [2.24, 2.45) is 0 Å². The molecule has 1 unspecified atom stereocenters. The number of aromatic nitrogens is 5. The summed E-state index contributed by atoms with van der Waals surface area (Å²) in [5, 5.41) is 1.07. The molecule has 3 aromatic heterocycles. The van der Waals surface area contributed by atoms with Gasteiger partial charge in [0.2, 0.25) is 0 Å². The predicted octanol–water partition coefficient (Wildman–Crippen LogP) is 1.77. The summed E-state index contributed by atoms with van der Waals surface area (Å²) in [5.74, 6) is 1.92. The summed E-state index contributed by atoms with van der Waals surface area (Å²) in [5.41, 5.74) is 1.82. The molecule has 1 fully saturated rings. The molecule has 118 valence electrons. The maximum atomic E-state index is 4.49. The first kappa shape index (κ1) is 13.9. The molecule has 0 aliphatic carbocycles. The Morgan fingerprint density at radius 2 is 2.13 bits per heavy atom. The topological polar surface area (TPSA) is 73.8 Å². The van der Waals surface area contributed by atoms with E-state index in [4.69, 9.17) is 0 Å². The van der Waals surface area contributed by atoms with Gasteiger partial charge in [0.15, 0.2) is 0 Å². The molecule has 23 heavy (non-hydrogen) atoms. The van der Waals surface area contributed by atoms with Crippen LogP contribution in [-0.2, 0) is 0 Å². The molecule has 1 aliphatic heterocycles. The van der Waals surface area contributed by atoms with Crippen LogP contribution in [0.15, 0.2) is 31.0 Å². The summed E-state index contributed by atoms with van der Waals surface area (Å²) < 4.78 is 0. The molecule has 1 aliphatic rings. The van der Waals surface area contributed by atoms with Crippen LogP contribution in [0.2, 0.25) is 0 Å². The highest BCUT2D eigenvalue weighted by molar-refractivity contribution is 5.87. The quantitative estimate of drug-likeness (QED) is 0.795. The number of nitrogens with one attached hydrogen (secondary N) is 1. The minimum Gasteiger partial charge on any atom is -0.354 e. The van der Waals surface area contributed by atoms with E-state index in [1.165, 1.54) is 0 Å². The van der Waals surface area contributed by atoms with Crippen molar-refractivity contribution in [1.82, 2.24) is 24.9 Å². The van der Waals surface area contributed by atoms with Crippen LogP contribution >= 0.6 is 0 Å². The number of H-pyrrole nitrogens is 1. The highest BCUT2D eigenvalue weighted by Crippen LogP contribution is 2.27. The molecule has 7 heteroatoms. The SMILES string of the molecule is Cc1cnc(N(C)C2CCN(c3ncnc4[nH]ccc34)C2)cn1. The first-order valence-electron chi connectivity index (χ1n) is 7.77. The minimum absolute atomic E-state index is 0.399. The molecule has 7 nitrogen and oxygen atoms in total. The van der Waals surface area contributed by atoms with Crippen LogP contribution in [0, 0.1) is 6.92 Å². The van der Waals surface area contributed by atoms with Crippen molar-refractivity contribution in [3.05, 3.63) is 36.7 Å². The van der Waals surface area contributed by atoms with Gasteiger partial charge in [0.05, 0.1) is 23.5 Å². The fourth-order valence-electron chi connectivity index (χ4n) is 3.12. The van der Waals surface area contributed by atoms with Crippen molar-refractivity contribution >= 4 is 22.7 Å². The van der Waals surface area contributed by atoms with Gasteiger partial charge < -0.3 is 14.8 Å². The second-order valence-electron chi connectivity index (χ2n) is 5.95. The molecule has 3 aromatic rings. The van der Waals surface area contributed by atoms with Crippen LogP contribution in [0.3, 0.4) is 0 Å². The summed E-state index contributed by atoms with van der Waals surface area (Å²) >= 11 is 0. The largest absolute Gasteiger partial charge is 0.354 e. The molecule has 0 saturated carbocycles. The zero-order valence-electron chi connectivity index (χ0n) is 13.3. The van der Waals surface area contributed by atoms with Gasteiger partial charge in [0, 0.05) is 32.4 Å². The summed E-state index contributed by atoms with van der Waals surface area (Å²) in [4.78, 5) is 25.2. The Morgan fingerprint density at radius 1 is 1.22 bits per heavy atom. The second kappa shape index (κ2) is 5.49. The van der Waals surface area contributed by atoms with Crippen molar-refractivity contribution in [3.63, 3.8) is 0 Å². The number of anilines is 2. The van der Waals surface area contributed by atoms with E-state index >= 15 is 0 Å². The normalized spacial score (nSPS) is 17.8. The lowest BCUT2D eigenvalue weighted by molar-refractivity contribution is 0.682. The van der Waals surface area contributed by atoms with Crippen LogP contribution in [0.5, 0.6) is 0 Å². The van der Waals surface area contributed by atoms with Gasteiger partial charge in [-0.05, 0) is 19.4 Å². The second-order valence-corrected chi connectivity index (χ2v) is 5.95. The maximum absolute atomic E-state index is 4.49. The molecule has 1 saturated heterocycles. The molecule has 0 aromatic carbocycles. The van der Waals surface area contributed by atoms with E-state index in [9.17, 15) is 0 Å². The number of nitrogens with zero attached hydrogens (tertiary/aromatic N) is 6. The van der Waals surface area contributed by atoms with Crippen LogP contribution in [0.25, 0.3) is 11.0 Å². The van der Waals surface area contributed by atoms with Crippen LogP contribution in [0.4, 0.5) is 11.6 Å². The van der Waals surface area contributed by atoms with Gasteiger partial charge in [-0.2, -0.15) is 0 Å². The highest BCUT2D eigenvalue weighted by Gasteiger charge is 2.28. The Balaban J connectivity index is 1.55. The number of fused-ring (bicyclic) bond motifs is 1. The first-order valence-corrected chi connectivity index (χ1v) is 7.77. The summed E-state index contributed by atoms with van der Waals surface area (Å²) in [6, 6.07) is 2.43. The van der Waals surface area contributed by atoms with Crippen molar-refractivity contribution in [2.75, 3.05) is 29.9 Å². The third-order valence-electron chi connectivity index (χ3n) is 4.47. The zero-order chi connectivity index (χ0) is 15.8. The molecule has 1 atom stereocenters. The van der Waals surface area contributed by atoms with Crippen molar-refractivity contribution in [2.45, 2.75) is 19.4 Å². The number of aryl methyl sites for hydroxylation is 1. The van der Waals surface area contributed by atoms with Gasteiger partial charge in [0.25, 0.3) is 0 Å². The molecule has 1 N–H and O–H groups in total. The van der Waals surface area contributed by atoms with E-state index in [2.05, 4.69) is 41.8 Å². The Hall–Kier alpha value is -2.70. The molecular formula is C16H19N7. The number of likely N-dealkylation sites (N-methyl/N-ethyl adjacent to an activating group) is 1. The fourth-order valence-corrected chi connectivity index (χ4v) is 3.12. The third kappa shape index (κ3) is 2.48. The fraction of sp³-hybridized carbons (Fsp3) is 0.375. The Morgan fingerprint density at radius 3 is 2.96 bits per heavy atom. The lowest BCUT2D eigenvalue weighted by atomic mass is 10.2. The van der Waals surface area contributed by atoms with E-state index < -0.39 is 0 Å². The van der Waals surface area contributed by atoms with Gasteiger partial charge >= 0.3 is 0 Å². The summed E-state index contributed by atoms with van der Waals surface area (Å²) in [6.45, 7) is 3.85. The molecule has 0 spiro atoms. The maximum Gasteiger partial charge on any atom is 0.147 e. The lowest BCUT2D eigenvalue weighted by Crippen LogP contribution is -2.35. The summed E-state index contributed by atoms with van der Waals surface area (Å²) in [7, 11) is 2.08. The molecular weight excluding hydrogens is 290 g/mol. The van der Waals surface area contributed by atoms with Crippen LogP contribution in [-0.4, -0.2) is 51.1 Å². The highest BCUT2D eigenvalue weighted by atomic mass is 15.3. The predicted molar refractivity (Wildman–Crippen MR) is 89.7 cm³/mol. The van der Waals surface area contributed by atoms with Gasteiger partial charge in [-0.15, -0.1) is 0 Å². The van der Waals surface area contributed by atoms with Crippen molar-refractivity contribution < 1.29 is 0 Å². The lowest BCUT2D eigenvalue weighted by Gasteiger charge is -2.26. The number of rotatable bonds is 3. The molecule has 0 amide bonds. The Bertz CT molecular complexity index is 811. The smallest absolute Gasteiger partial charge is 0.147 e. The number of hydrogen-bond acceptors (Lipinski definition) is 6. The van der Waals surface area contributed by atoms with E-state index in [0.29, 0.717) is 6.04 Å². The van der Waals surface area contributed by atoms with E-state index in [-0.39, 0.29) is 0 Å². The standard InChI is InChI=1S/C16H19N7/c1-11-7-19-14(8-18-11)22(2)12-4-6-23(9-12)16-13-3-5-17-15(13)20-10-21-16/h3,5,7-8,10,12H,4,6,9H2,1-2H3,(H,17,20,21). The average molecular weight is 309 g/mol. The van der Waals surface area contributed by atoms with Crippen molar-refractivity contribution in [3.8, 4) is 0 Å². The minimum atomic E-state index is 0.399. The van der Waals surface area contributed by atoms with Gasteiger partial charge in [-0.25, -0.2) is 15.0 Å². The average Bonchev–Trinajstić information content (AvgIpc) is 3.24. The van der Waals surface area contributed by atoms with Gasteiger partial charge in [-0.3, -0.25) is 4.98 Å². The van der Waals surface area contributed by atoms with E-state index in [1.807, 2.05) is 31.6 Å². The van der Waals surface area contributed by atoms with Crippen LogP contribution in [0.1, 0.15) is 12.1 Å². The third-order valence-corrected chi connectivity index (χ3v) is 4.47. The summed E-state index contributed by atoms with van der Waals surface area (Å²) in [6.07, 6.45) is 8.25. The Kier molecular flexibility index (Phi) is 3.33. The van der Waals surface area contributed by atoms with E-state index in [0.717, 1.165) is 47.9 Å². The van der Waals surface area contributed by atoms with Gasteiger partial charge in [0.1, 0.15) is 23.6 Å². The van der Waals surface area contributed by atoms with Crippen LogP contribution < -0.4 is 9.80 Å². The molecule has 0 radical (unpaired) electrons. The van der Waals surface area contributed by atoms with E-state index in [1.54, 1.807) is 6.33 Å². The number of aromatic amines is 1.